The molecule has 4 bridgehead atoms. The Morgan fingerprint density at radius 3 is 2.51 bits per heavy atom. The summed E-state index contributed by atoms with van der Waals surface area (Å²) < 4.78 is 18.0. The van der Waals surface area contributed by atoms with Gasteiger partial charge in [0.15, 0.2) is 6.29 Å². The predicted octanol–water partition coefficient (Wildman–Crippen LogP) is 4.82. The van der Waals surface area contributed by atoms with E-state index in [1.54, 1.807) is 36.3 Å². The second-order valence-corrected chi connectivity index (χ2v) is 13.6. The van der Waals surface area contributed by atoms with Crippen LogP contribution < -0.4 is 4.74 Å². The Morgan fingerprint density at radius 2 is 1.88 bits per heavy atom. The number of hydrogen-bond donors (Lipinski definition) is 1. The van der Waals surface area contributed by atoms with E-state index in [1.807, 2.05) is 20.8 Å². The Kier molecular flexibility index (Phi) is 6.89. The van der Waals surface area contributed by atoms with Crippen molar-refractivity contribution >= 4 is 18.2 Å². The minimum absolute atomic E-state index is 0.00837. The van der Waals surface area contributed by atoms with Crippen molar-refractivity contribution in [3.8, 4) is 5.75 Å². The van der Waals surface area contributed by atoms with Gasteiger partial charge in [-0.25, -0.2) is 0 Å². The van der Waals surface area contributed by atoms with E-state index in [-0.39, 0.29) is 42.9 Å². The van der Waals surface area contributed by atoms with Gasteiger partial charge in [0.2, 0.25) is 0 Å². The van der Waals surface area contributed by atoms with E-state index >= 15 is 0 Å². The van der Waals surface area contributed by atoms with E-state index in [1.165, 1.54) is 0 Å². The fraction of sp³-hybridized carbons (Fsp3) is 0.667. The lowest BCUT2D eigenvalue weighted by Gasteiger charge is -2.58. The van der Waals surface area contributed by atoms with Crippen LogP contribution in [0.15, 0.2) is 35.9 Å². The van der Waals surface area contributed by atoms with Crippen LogP contribution in [0.4, 0.5) is 0 Å². The molecule has 6 rings (SSSR count). The van der Waals surface area contributed by atoms with Gasteiger partial charge < -0.3 is 29.0 Å². The zero-order valence-electron chi connectivity index (χ0n) is 24.8. The van der Waals surface area contributed by atoms with Crippen LogP contribution in [-0.4, -0.2) is 67.4 Å². The Labute approximate surface area is 242 Å². The van der Waals surface area contributed by atoms with Gasteiger partial charge in [0, 0.05) is 17.5 Å². The van der Waals surface area contributed by atoms with Gasteiger partial charge in [-0.05, 0) is 80.0 Å². The number of methoxy groups -OCH3 is 1. The molecule has 3 saturated carbocycles. The highest BCUT2D eigenvalue weighted by molar-refractivity contribution is 5.94. The summed E-state index contributed by atoms with van der Waals surface area (Å²) >= 11 is 0. The summed E-state index contributed by atoms with van der Waals surface area (Å²) in [5, 5.41) is 11.2. The number of carbonyl (C=O) groups excluding carboxylic acids is 2. The minimum Gasteiger partial charge on any atom is -0.497 e. The van der Waals surface area contributed by atoms with Crippen LogP contribution in [0.5, 0.6) is 5.75 Å². The second kappa shape index (κ2) is 9.94. The first-order chi connectivity index (χ1) is 19.5. The second-order valence-electron chi connectivity index (χ2n) is 13.6. The molecule has 0 spiro atoms. The van der Waals surface area contributed by atoms with Gasteiger partial charge in [0.25, 0.3) is 5.91 Å². The number of carboxylic acids is 1. The highest BCUT2D eigenvalue weighted by Gasteiger charge is 2.84. The molecule has 1 aromatic rings. The van der Waals surface area contributed by atoms with Crippen LogP contribution in [0.1, 0.15) is 63.7 Å². The van der Waals surface area contributed by atoms with Gasteiger partial charge >= 0.3 is 5.97 Å². The van der Waals surface area contributed by atoms with Crippen LogP contribution in [-0.2, 0) is 19.1 Å². The molecule has 8 heteroatoms. The molecule has 5 unspecified atom stereocenters. The number of morpholine rings is 1. The van der Waals surface area contributed by atoms with Gasteiger partial charge in [-0.3, -0.25) is 9.59 Å². The molecular weight excluding hydrogens is 522 g/mol. The highest BCUT2D eigenvalue weighted by Crippen LogP contribution is 2.82. The zero-order chi connectivity index (χ0) is 29.3. The lowest BCUT2D eigenvalue weighted by Crippen LogP contribution is -2.64. The molecule has 4 fully saturated rings. The fourth-order valence-corrected chi connectivity index (χ4v) is 9.96. The molecule has 0 radical (unpaired) electrons. The third-order valence-corrected chi connectivity index (χ3v) is 11.5. The molecule has 1 aromatic carbocycles. The maximum atomic E-state index is 13.6. The molecule has 8 nitrogen and oxygen atoms in total. The molecule has 9 atom stereocenters. The number of hydrogen-bond acceptors (Lipinski definition) is 6. The summed E-state index contributed by atoms with van der Waals surface area (Å²) in [7, 11) is 1.59. The Balaban J connectivity index is 1.31. The summed E-state index contributed by atoms with van der Waals surface area (Å²) in [6.07, 6.45) is 5.51. The Morgan fingerprint density at radius 1 is 1.15 bits per heavy atom. The maximum Gasteiger partial charge on any atom is 0.315 e. The van der Waals surface area contributed by atoms with Crippen LogP contribution >= 0.6 is 0 Å². The number of benzene rings is 1. The minimum atomic E-state index is -1.29. The van der Waals surface area contributed by atoms with Gasteiger partial charge in [0.1, 0.15) is 17.5 Å². The molecule has 1 heterocycles. The number of aliphatic carboxylic acids is 1. The van der Waals surface area contributed by atoms with Crippen LogP contribution in [0.25, 0.3) is 0 Å². The first-order valence-electron chi connectivity index (χ1n) is 15.2. The van der Waals surface area contributed by atoms with Crippen LogP contribution in [0.2, 0.25) is 0 Å². The molecule has 4 aliphatic carbocycles. The number of nitrogens with zero attached hydrogens (tertiary/aromatic N) is 1. The molecule has 1 aliphatic heterocycles. The zero-order valence-corrected chi connectivity index (χ0v) is 24.8. The number of rotatable bonds is 8. The number of amides is 1. The number of aldehydes is 1. The summed E-state index contributed by atoms with van der Waals surface area (Å²) in [5.74, 6) is 0.459. The lowest BCUT2D eigenvalue weighted by atomic mass is 9.43. The standard InChI is InChI=1S/C33H43NO7/c1-19(2)27-12-23-13-31(17-35)26-11-6-20(3)25(26)14-32(23,33(27,31)30(37)38)18-40-28-16-34(15-21(4)41-28)29(36)22-7-9-24(39-5)10-8-22/h7-10,12,17,19-21,23,25-26,28H,6,11,13-16,18H2,1-5H3,(H,37,38)/t20-,21-,23?,25?,26?,28-,31+,32?,33?/m1/s1. The van der Waals surface area contributed by atoms with E-state index < -0.39 is 28.5 Å². The van der Waals surface area contributed by atoms with Crippen molar-refractivity contribution in [3.05, 3.63) is 41.5 Å². The van der Waals surface area contributed by atoms with Crippen molar-refractivity contribution in [1.82, 2.24) is 4.90 Å². The topological polar surface area (TPSA) is 102 Å². The first kappa shape index (κ1) is 28.4. The van der Waals surface area contributed by atoms with Crippen molar-refractivity contribution in [2.75, 3.05) is 26.8 Å². The van der Waals surface area contributed by atoms with Gasteiger partial charge in [-0.15, -0.1) is 0 Å². The number of carbonyl (C=O) groups is 3. The van der Waals surface area contributed by atoms with Crippen molar-refractivity contribution in [2.24, 2.45) is 45.8 Å². The summed E-state index contributed by atoms with van der Waals surface area (Å²) in [4.78, 5) is 42.0. The third-order valence-electron chi connectivity index (χ3n) is 11.5. The summed E-state index contributed by atoms with van der Waals surface area (Å²) in [6.45, 7) is 9.13. The normalized spacial score (nSPS) is 40.8. The molecule has 1 N–H and O–H groups in total. The monoisotopic (exact) mass is 565 g/mol. The average Bonchev–Trinajstić information content (AvgIpc) is 3.53. The van der Waals surface area contributed by atoms with Crippen molar-refractivity contribution in [2.45, 2.75) is 65.8 Å². The fourth-order valence-electron chi connectivity index (χ4n) is 9.96. The molecule has 0 aromatic heterocycles. The Hall–Kier alpha value is -2.71. The Bertz CT molecular complexity index is 1260. The van der Waals surface area contributed by atoms with Crippen molar-refractivity contribution < 1.29 is 33.7 Å². The summed E-state index contributed by atoms with van der Waals surface area (Å²) in [5.41, 5.74) is -1.49. The van der Waals surface area contributed by atoms with Gasteiger partial charge in [-0.2, -0.15) is 0 Å². The van der Waals surface area contributed by atoms with Gasteiger partial charge in [-0.1, -0.05) is 38.8 Å². The smallest absolute Gasteiger partial charge is 0.315 e. The first-order valence-corrected chi connectivity index (χ1v) is 15.2. The van der Waals surface area contributed by atoms with Crippen LogP contribution in [0, 0.1) is 45.8 Å². The van der Waals surface area contributed by atoms with Crippen LogP contribution in [0.3, 0.4) is 0 Å². The molecule has 5 aliphatic rings. The van der Waals surface area contributed by atoms with E-state index in [9.17, 15) is 19.5 Å². The molecule has 41 heavy (non-hydrogen) atoms. The van der Waals surface area contributed by atoms with E-state index in [2.05, 4.69) is 13.0 Å². The molecule has 1 saturated heterocycles. The average molecular weight is 566 g/mol. The predicted molar refractivity (Wildman–Crippen MR) is 151 cm³/mol. The molecule has 1 amide bonds. The lowest BCUT2D eigenvalue weighted by molar-refractivity contribution is -0.232. The molecular formula is C33H43NO7. The SMILES string of the molecule is COc1ccc(C(=O)N2C[C@H](OCC34CC5C(CC[C@H]5C)[C@@]5(C=O)CC3C=C(C(C)C)C45C(=O)O)O[C@H](C)C2)cc1. The molecule has 222 valence electrons. The third kappa shape index (κ3) is 3.75. The maximum absolute atomic E-state index is 13.6. The summed E-state index contributed by atoms with van der Waals surface area (Å²) in [6, 6.07) is 7.04. The largest absolute Gasteiger partial charge is 0.497 e. The number of allylic oxidation sites excluding steroid dienone is 1. The van der Waals surface area contributed by atoms with E-state index in [0.29, 0.717) is 36.1 Å². The van der Waals surface area contributed by atoms with Gasteiger partial charge in [0.05, 0.1) is 31.8 Å². The number of carboxylic acid groups (broad SMARTS) is 1. The quantitative estimate of drug-likeness (QED) is 0.356. The van der Waals surface area contributed by atoms with Crippen molar-refractivity contribution in [3.63, 3.8) is 0 Å². The van der Waals surface area contributed by atoms with E-state index in [0.717, 1.165) is 31.1 Å². The highest BCUT2D eigenvalue weighted by atomic mass is 16.7. The van der Waals surface area contributed by atoms with Crippen molar-refractivity contribution in [1.29, 1.82) is 0 Å². The number of ether oxygens (including phenoxy) is 3. The number of fused-ring (bicyclic) bond motifs is 2. The van der Waals surface area contributed by atoms with E-state index in [4.69, 9.17) is 14.2 Å².